The lowest BCUT2D eigenvalue weighted by atomic mass is 10.0. The predicted octanol–water partition coefficient (Wildman–Crippen LogP) is 3.19. The van der Waals surface area contributed by atoms with Gasteiger partial charge in [-0.05, 0) is 44.0 Å². The third-order valence-corrected chi connectivity index (χ3v) is 5.32. The highest BCUT2D eigenvalue weighted by molar-refractivity contribution is 5.95. The fraction of sp³-hybridized carbons (Fsp3) is 0.318. The highest BCUT2D eigenvalue weighted by Crippen LogP contribution is 2.21. The van der Waals surface area contributed by atoms with Gasteiger partial charge in [-0.3, -0.25) is 9.48 Å². The van der Waals surface area contributed by atoms with Crippen molar-refractivity contribution in [2.75, 3.05) is 18.0 Å². The minimum atomic E-state index is -0.0346. The number of rotatable bonds is 4. The number of hydrogen-bond donors (Lipinski definition) is 1. The average Bonchev–Trinajstić information content (AvgIpc) is 3.08. The fourth-order valence-electron chi connectivity index (χ4n) is 3.57. The number of aromatic nitrogens is 3. The Kier molecular flexibility index (Phi) is 5.10. The van der Waals surface area contributed by atoms with Gasteiger partial charge in [0.25, 0.3) is 5.91 Å². The summed E-state index contributed by atoms with van der Waals surface area (Å²) in [6.45, 7) is 3.81. The van der Waals surface area contributed by atoms with Gasteiger partial charge in [-0.25, -0.2) is 4.98 Å². The zero-order valence-corrected chi connectivity index (χ0v) is 16.3. The Bertz CT molecular complexity index is 939. The summed E-state index contributed by atoms with van der Waals surface area (Å²) in [6.07, 6.45) is 1.89. The summed E-state index contributed by atoms with van der Waals surface area (Å²) in [5.74, 6) is 1.45. The van der Waals surface area contributed by atoms with Crippen LogP contribution in [0, 0.1) is 6.92 Å². The lowest BCUT2D eigenvalue weighted by molar-refractivity contribution is 0.0931. The van der Waals surface area contributed by atoms with Crippen LogP contribution in [-0.2, 0) is 7.05 Å². The fourth-order valence-corrected chi connectivity index (χ4v) is 3.57. The molecule has 0 unspecified atom stereocenters. The Hall–Kier alpha value is -3.15. The lowest BCUT2D eigenvalue weighted by Crippen LogP contribution is -2.44. The Labute approximate surface area is 165 Å². The first-order chi connectivity index (χ1) is 13.6. The van der Waals surface area contributed by atoms with E-state index >= 15 is 0 Å². The summed E-state index contributed by atoms with van der Waals surface area (Å²) in [7, 11) is 1.87. The van der Waals surface area contributed by atoms with Gasteiger partial charge in [-0.1, -0.05) is 30.3 Å². The lowest BCUT2D eigenvalue weighted by Gasteiger charge is -2.34. The van der Waals surface area contributed by atoms with Crippen molar-refractivity contribution in [3.63, 3.8) is 0 Å². The SMILES string of the molecule is Cc1nc(-c2cccc(C(=O)NC3CCN(c4ccccc4)CC3)c2)nn1C. The molecule has 0 saturated carbocycles. The van der Waals surface area contributed by atoms with Crippen molar-refractivity contribution < 1.29 is 4.79 Å². The van der Waals surface area contributed by atoms with E-state index < -0.39 is 0 Å². The van der Waals surface area contributed by atoms with Gasteiger partial charge in [0.2, 0.25) is 0 Å². The summed E-state index contributed by atoms with van der Waals surface area (Å²) in [6, 6.07) is 18.2. The molecule has 4 rings (SSSR count). The molecule has 1 amide bonds. The number of aryl methyl sites for hydroxylation is 2. The van der Waals surface area contributed by atoms with E-state index in [1.165, 1.54) is 5.69 Å². The zero-order valence-electron chi connectivity index (χ0n) is 16.3. The highest BCUT2D eigenvalue weighted by atomic mass is 16.1. The normalized spacial score (nSPS) is 14.9. The second-order valence-electron chi connectivity index (χ2n) is 7.26. The van der Waals surface area contributed by atoms with E-state index in [2.05, 4.69) is 44.6 Å². The summed E-state index contributed by atoms with van der Waals surface area (Å²) in [4.78, 5) is 19.6. The number of piperidine rings is 1. The van der Waals surface area contributed by atoms with E-state index in [1.807, 2.05) is 44.3 Å². The third kappa shape index (κ3) is 3.91. The molecule has 1 aromatic heterocycles. The number of carbonyl (C=O) groups is 1. The summed E-state index contributed by atoms with van der Waals surface area (Å²) >= 11 is 0. The number of para-hydroxylation sites is 1. The topological polar surface area (TPSA) is 63.1 Å². The molecule has 0 bridgehead atoms. The van der Waals surface area contributed by atoms with Crippen LogP contribution in [0.5, 0.6) is 0 Å². The second-order valence-corrected chi connectivity index (χ2v) is 7.26. The van der Waals surface area contributed by atoms with Crippen LogP contribution in [0.15, 0.2) is 54.6 Å². The number of carbonyl (C=O) groups excluding carboxylic acids is 1. The molecule has 0 aliphatic carbocycles. The van der Waals surface area contributed by atoms with Crippen molar-refractivity contribution in [3.05, 3.63) is 66.0 Å². The van der Waals surface area contributed by atoms with Crippen molar-refractivity contribution in [1.29, 1.82) is 0 Å². The standard InChI is InChI=1S/C22H25N5O/c1-16-23-21(25-26(16)2)17-7-6-8-18(15-17)22(28)24-19-11-13-27(14-12-19)20-9-4-3-5-10-20/h3-10,15,19H,11-14H2,1-2H3,(H,24,28). The van der Waals surface area contributed by atoms with Crippen molar-refractivity contribution in [2.45, 2.75) is 25.8 Å². The van der Waals surface area contributed by atoms with Crippen LogP contribution in [0.2, 0.25) is 0 Å². The molecule has 28 heavy (non-hydrogen) atoms. The molecule has 1 aliphatic rings. The molecule has 1 aliphatic heterocycles. The molecule has 0 atom stereocenters. The molecule has 1 saturated heterocycles. The van der Waals surface area contributed by atoms with Gasteiger partial charge >= 0.3 is 0 Å². The Morgan fingerprint density at radius 2 is 1.82 bits per heavy atom. The van der Waals surface area contributed by atoms with Gasteiger partial charge < -0.3 is 10.2 Å². The maximum atomic E-state index is 12.7. The smallest absolute Gasteiger partial charge is 0.251 e. The third-order valence-electron chi connectivity index (χ3n) is 5.32. The van der Waals surface area contributed by atoms with Gasteiger partial charge in [0.05, 0.1) is 0 Å². The predicted molar refractivity (Wildman–Crippen MR) is 110 cm³/mol. The van der Waals surface area contributed by atoms with Crippen LogP contribution < -0.4 is 10.2 Å². The van der Waals surface area contributed by atoms with Crippen molar-refractivity contribution >= 4 is 11.6 Å². The van der Waals surface area contributed by atoms with E-state index in [0.717, 1.165) is 37.3 Å². The molecule has 144 valence electrons. The van der Waals surface area contributed by atoms with Crippen LogP contribution >= 0.6 is 0 Å². The molecule has 2 heterocycles. The van der Waals surface area contributed by atoms with Gasteiger partial charge in [0.15, 0.2) is 5.82 Å². The van der Waals surface area contributed by atoms with Crippen LogP contribution in [0.25, 0.3) is 11.4 Å². The minimum absolute atomic E-state index is 0.0346. The second kappa shape index (κ2) is 7.84. The van der Waals surface area contributed by atoms with Crippen LogP contribution in [0.1, 0.15) is 29.0 Å². The van der Waals surface area contributed by atoms with Gasteiger partial charge in [0, 0.05) is 43.0 Å². The molecular weight excluding hydrogens is 350 g/mol. The van der Waals surface area contributed by atoms with Crippen molar-refractivity contribution in [1.82, 2.24) is 20.1 Å². The number of hydrogen-bond acceptors (Lipinski definition) is 4. The van der Waals surface area contributed by atoms with Gasteiger partial charge in [-0.15, -0.1) is 0 Å². The van der Waals surface area contributed by atoms with Gasteiger partial charge in [-0.2, -0.15) is 5.10 Å². The first kappa shape index (κ1) is 18.2. The number of amides is 1. The summed E-state index contributed by atoms with van der Waals surface area (Å²) in [5.41, 5.74) is 2.75. The number of nitrogens with one attached hydrogen (secondary N) is 1. The largest absolute Gasteiger partial charge is 0.371 e. The highest BCUT2D eigenvalue weighted by Gasteiger charge is 2.21. The molecule has 1 fully saturated rings. The molecule has 0 spiro atoms. The minimum Gasteiger partial charge on any atom is -0.371 e. The first-order valence-corrected chi connectivity index (χ1v) is 9.69. The van der Waals surface area contributed by atoms with Crippen molar-refractivity contribution in [3.8, 4) is 11.4 Å². The molecule has 3 aromatic rings. The molecule has 2 aromatic carbocycles. The molecule has 6 nitrogen and oxygen atoms in total. The Morgan fingerprint density at radius 1 is 1.07 bits per heavy atom. The van der Waals surface area contributed by atoms with Crippen LogP contribution in [-0.4, -0.2) is 39.8 Å². The number of anilines is 1. The Balaban J connectivity index is 1.39. The zero-order chi connectivity index (χ0) is 19.5. The summed E-state index contributed by atoms with van der Waals surface area (Å²) in [5, 5.41) is 7.59. The van der Waals surface area contributed by atoms with Crippen molar-refractivity contribution in [2.24, 2.45) is 7.05 Å². The monoisotopic (exact) mass is 375 g/mol. The quantitative estimate of drug-likeness (QED) is 0.761. The number of nitrogens with zero attached hydrogens (tertiary/aromatic N) is 4. The van der Waals surface area contributed by atoms with E-state index in [4.69, 9.17) is 0 Å². The van der Waals surface area contributed by atoms with E-state index in [1.54, 1.807) is 4.68 Å². The molecule has 0 radical (unpaired) electrons. The molecule has 1 N–H and O–H groups in total. The molecule has 6 heteroatoms. The number of benzene rings is 2. The Morgan fingerprint density at radius 3 is 2.50 bits per heavy atom. The van der Waals surface area contributed by atoms with Crippen LogP contribution in [0.4, 0.5) is 5.69 Å². The maximum absolute atomic E-state index is 12.7. The van der Waals surface area contributed by atoms with E-state index in [-0.39, 0.29) is 11.9 Å². The van der Waals surface area contributed by atoms with E-state index in [9.17, 15) is 4.79 Å². The van der Waals surface area contributed by atoms with Crippen LogP contribution in [0.3, 0.4) is 0 Å². The average molecular weight is 375 g/mol. The molecular formula is C22H25N5O. The van der Waals surface area contributed by atoms with Gasteiger partial charge in [0.1, 0.15) is 5.82 Å². The van der Waals surface area contributed by atoms with E-state index in [0.29, 0.717) is 11.4 Å². The first-order valence-electron chi connectivity index (χ1n) is 9.69. The maximum Gasteiger partial charge on any atom is 0.251 e. The summed E-state index contributed by atoms with van der Waals surface area (Å²) < 4.78 is 1.74.